The van der Waals surface area contributed by atoms with Gasteiger partial charge in [0.1, 0.15) is 5.75 Å². The molecule has 0 atom stereocenters. The van der Waals surface area contributed by atoms with E-state index in [2.05, 4.69) is 5.32 Å². The van der Waals surface area contributed by atoms with Gasteiger partial charge in [0.25, 0.3) is 0 Å². The first-order valence-electron chi connectivity index (χ1n) is 7.94. The fraction of sp³-hybridized carbons (Fsp3) is 0.0476. The molecule has 4 heteroatoms. The van der Waals surface area contributed by atoms with Gasteiger partial charge in [-0.2, -0.15) is 0 Å². The highest BCUT2D eigenvalue weighted by molar-refractivity contribution is 6.31. The molecule has 2 N–H and O–H groups in total. The summed E-state index contributed by atoms with van der Waals surface area (Å²) in [7, 11) is 0. The molecule has 1 aliphatic carbocycles. The van der Waals surface area contributed by atoms with E-state index in [0.29, 0.717) is 16.8 Å². The molecule has 0 radical (unpaired) electrons. The van der Waals surface area contributed by atoms with E-state index in [1.165, 1.54) is 6.07 Å². The van der Waals surface area contributed by atoms with E-state index in [0.717, 1.165) is 11.3 Å². The van der Waals surface area contributed by atoms with Crippen LogP contribution in [0.2, 0.25) is 0 Å². The topological polar surface area (TPSA) is 66.4 Å². The molecule has 0 heterocycles. The third-order valence-corrected chi connectivity index (χ3v) is 4.35. The van der Waals surface area contributed by atoms with Gasteiger partial charge in [0.15, 0.2) is 11.6 Å². The SMILES string of the molecule is Cc1cccc(Nc2ccc(O)c3c2C(=O)c2ccccc2C3=O)c1. The summed E-state index contributed by atoms with van der Waals surface area (Å²) in [5.74, 6) is -0.788. The second-order valence-corrected chi connectivity index (χ2v) is 6.08. The normalized spacial score (nSPS) is 12.5. The maximum atomic E-state index is 13.0. The first-order chi connectivity index (χ1) is 12.1. The third kappa shape index (κ3) is 2.39. The lowest BCUT2D eigenvalue weighted by atomic mass is 9.82. The fourth-order valence-corrected chi connectivity index (χ4v) is 3.19. The molecule has 3 aromatic carbocycles. The van der Waals surface area contributed by atoms with Gasteiger partial charge < -0.3 is 10.4 Å². The van der Waals surface area contributed by atoms with E-state index in [1.54, 1.807) is 30.3 Å². The van der Waals surface area contributed by atoms with E-state index in [9.17, 15) is 14.7 Å². The Balaban J connectivity index is 1.90. The molecule has 0 spiro atoms. The van der Waals surface area contributed by atoms with Gasteiger partial charge in [-0.15, -0.1) is 0 Å². The summed E-state index contributed by atoms with van der Waals surface area (Å²) in [5.41, 5.74) is 3.34. The molecule has 4 nitrogen and oxygen atoms in total. The van der Waals surface area contributed by atoms with Crippen LogP contribution >= 0.6 is 0 Å². The molecular formula is C21H15NO3. The zero-order chi connectivity index (χ0) is 17.6. The summed E-state index contributed by atoms with van der Waals surface area (Å²) in [6.45, 7) is 1.97. The van der Waals surface area contributed by atoms with Crippen LogP contribution in [0.3, 0.4) is 0 Å². The number of anilines is 2. The van der Waals surface area contributed by atoms with Gasteiger partial charge in [0.2, 0.25) is 0 Å². The lowest BCUT2D eigenvalue weighted by Gasteiger charge is -2.21. The standard InChI is InChI=1S/C21H15NO3/c1-12-5-4-6-13(11-12)22-16-9-10-17(23)19-18(16)20(24)14-7-2-3-8-15(14)21(19)25/h2-11,22-23H,1H3. The molecule has 0 unspecified atom stereocenters. The van der Waals surface area contributed by atoms with Crippen LogP contribution in [0.1, 0.15) is 37.4 Å². The number of nitrogens with one attached hydrogen (secondary N) is 1. The smallest absolute Gasteiger partial charge is 0.198 e. The lowest BCUT2D eigenvalue weighted by molar-refractivity contribution is 0.0977. The predicted octanol–water partition coefficient (Wildman–Crippen LogP) is 4.22. The van der Waals surface area contributed by atoms with Gasteiger partial charge in [-0.1, -0.05) is 36.4 Å². The Morgan fingerprint density at radius 3 is 2.16 bits per heavy atom. The Morgan fingerprint density at radius 2 is 1.48 bits per heavy atom. The second kappa shape index (κ2) is 5.60. The minimum Gasteiger partial charge on any atom is -0.507 e. The number of hydrogen-bond donors (Lipinski definition) is 2. The molecule has 122 valence electrons. The van der Waals surface area contributed by atoms with Crippen molar-refractivity contribution >= 4 is 22.9 Å². The molecule has 1 aliphatic rings. The van der Waals surface area contributed by atoms with Crippen molar-refractivity contribution < 1.29 is 14.7 Å². The maximum absolute atomic E-state index is 13.0. The molecule has 0 saturated carbocycles. The number of hydrogen-bond acceptors (Lipinski definition) is 4. The van der Waals surface area contributed by atoms with Gasteiger partial charge in [-0.05, 0) is 36.8 Å². The Labute approximate surface area is 144 Å². The van der Waals surface area contributed by atoms with Crippen LogP contribution in [0.15, 0.2) is 60.7 Å². The summed E-state index contributed by atoms with van der Waals surface area (Å²) < 4.78 is 0. The number of rotatable bonds is 2. The number of aryl methyl sites for hydroxylation is 1. The van der Waals surface area contributed by atoms with Gasteiger partial charge in [0.05, 0.1) is 16.8 Å². The number of phenolic OH excluding ortho intramolecular Hbond substituents is 1. The van der Waals surface area contributed by atoms with Gasteiger partial charge >= 0.3 is 0 Å². The van der Waals surface area contributed by atoms with E-state index >= 15 is 0 Å². The lowest BCUT2D eigenvalue weighted by Crippen LogP contribution is -2.22. The van der Waals surface area contributed by atoms with Crippen LogP contribution in [-0.2, 0) is 0 Å². The molecule has 4 rings (SSSR count). The molecule has 0 bridgehead atoms. The maximum Gasteiger partial charge on any atom is 0.198 e. The van der Waals surface area contributed by atoms with Crippen LogP contribution < -0.4 is 5.32 Å². The number of carbonyl (C=O) groups is 2. The quantitative estimate of drug-likeness (QED) is 0.540. The highest BCUT2D eigenvalue weighted by Gasteiger charge is 2.33. The van der Waals surface area contributed by atoms with Crippen LogP contribution in [-0.4, -0.2) is 16.7 Å². The molecule has 0 amide bonds. The molecule has 0 aromatic heterocycles. The third-order valence-electron chi connectivity index (χ3n) is 4.35. The van der Waals surface area contributed by atoms with Gasteiger partial charge in [-0.25, -0.2) is 0 Å². The zero-order valence-electron chi connectivity index (χ0n) is 13.5. The summed E-state index contributed by atoms with van der Waals surface area (Å²) in [4.78, 5) is 25.8. The fourth-order valence-electron chi connectivity index (χ4n) is 3.19. The molecule has 0 saturated heterocycles. The van der Waals surface area contributed by atoms with Crippen molar-refractivity contribution in [1.82, 2.24) is 0 Å². The van der Waals surface area contributed by atoms with Crippen molar-refractivity contribution in [2.75, 3.05) is 5.32 Å². The average molecular weight is 329 g/mol. The molecule has 3 aromatic rings. The van der Waals surface area contributed by atoms with Gasteiger partial charge in [0, 0.05) is 16.8 Å². The van der Waals surface area contributed by atoms with Crippen molar-refractivity contribution in [2.24, 2.45) is 0 Å². The summed E-state index contributed by atoms with van der Waals surface area (Å²) in [5, 5.41) is 13.4. The van der Waals surface area contributed by atoms with Crippen LogP contribution in [0, 0.1) is 6.92 Å². The van der Waals surface area contributed by atoms with Crippen molar-refractivity contribution in [3.8, 4) is 5.75 Å². The van der Waals surface area contributed by atoms with Crippen LogP contribution in [0.5, 0.6) is 5.75 Å². The molecule has 0 aliphatic heterocycles. The number of benzene rings is 3. The first-order valence-corrected chi connectivity index (χ1v) is 7.94. The van der Waals surface area contributed by atoms with E-state index < -0.39 is 0 Å². The van der Waals surface area contributed by atoms with Crippen LogP contribution in [0.4, 0.5) is 11.4 Å². The molecule has 0 fully saturated rings. The van der Waals surface area contributed by atoms with Crippen molar-refractivity contribution in [3.63, 3.8) is 0 Å². The number of carbonyl (C=O) groups excluding carboxylic acids is 2. The minimum atomic E-state index is -0.337. The number of phenols is 1. The average Bonchev–Trinajstić information content (AvgIpc) is 2.61. The Hall–Kier alpha value is -3.40. The number of aromatic hydroxyl groups is 1. The summed E-state index contributed by atoms with van der Waals surface area (Å²) >= 11 is 0. The van der Waals surface area contributed by atoms with E-state index in [4.69, 9.17) is 0 Å². The van der Waals surface area contributed by atoms with Crippen LogP contribution in [0.25, 0.3) is 0 Å². The van der Waals surface area contributed by atoms with Crippen molar-refractivity contribution in [2.45, 2.75) is 6.92 Å². The highest BCUT2D eigenvalue weighted by Crippen LogP contribution is 2.37. The Bertz CT molecular complexity index is 1040. The first kappa shape index (κ1) is 15.1. The minimum absolute atomic E-state index is 0.0568. The predicted molar refractivity (Wildman–Crippen MR) is 95.9 cm³/mol. The molecule has 25 heavy (non-hydrogen) atoms. The highest BCUT2D eigenvalue weighted by atomic mass is 16.3. The van der Waals surface area contributed by atoms with Crippen molar-refractivity contribution in [3.05, 3.63) is 88.5 Å². The zero-order valence-corrected chi connectivity index (χ0v) is 13.5. The number of fused-ring (bicyclic) bond motifs is 2. The van der Waals surface area contributed by atoms with E-state index in [-0.39, 0.29) is 28.4 Å². The summed E-state index contributed by atoms with van der Waals surface area (Å²) in [6.07, 6.45) is 0. The monoisotopic (exact) mass is 329 g/mol. The Morgan fingerprint density at radius 1 is 0.800 bits per heavy atom. The number of ketones is 2. The van der Waals surface area contributed by atoms with Crippen molar-refractivity contribution in [1.29, 1.82) is 0 Å². The second-order valence-electron chi connectivity index (χ2n) is 6.08. The molecular weight excluding hydrogens is 314 g/mol. The van der Waals surface area contributed by atoms with Gasteiger partial charge in [-0.3, -0.25) is 9.59 Å². The largest absolute Gasteiger partial charge is 0.507 e. The summed E-state index contributed by atoms with van der Waals surface area (Å²) in [6, 6.07) is 17.5. The Kier molecular flexibility index (Phi) is 3.39. The van der Waals surface area contributed by atoms with E-state index in [1.807, 2.05) is 31.2 Å².